The summed E-state index contributed by atoms with van der Waals surface area (Å²) in [5.41, 5.74) is -0.149. The van der Waals surface area contributed by atoms with Crippen LogP contribution in [-0.2, 0) is 9.53 Å². The Balaban J connectivity index is 2.36. The standard InChI is InChI=1S/C14H13N5O6S/c1-6-8(13(20)25-3)9(11(18(21)22)7(2)15-6)10-12(19(23)24)17-4-5-26-14(17)16-10/h4-5,9,15H,1-3H3. The summed E-state index contributed by atoms with van der Waals surface area (Å²) in [6.07, 6.45) is 1.45. The number of hydrogen-bond acceptors (Lipinski definition) is 9. The molecule has 1 aliphatic rings. The summed E-state index contributed by atoms with van der Waals surface area (Å²) in [5, 5.41) is 27.7. The number of rotatable bonds is 4. The van der Waals surface area contributed by atoms with Gasteiger partial charge in [-0.15, -0.1) is 0 Å². The zero-order valence-corrected chi connectivity index (χ0v) is 14.7. The van der Waals surface area contributed by atoms with E-state index in [0.29, 0.717) is 10.7 Å². The molecule has 1 N–H and O–H groups in total. The minimum absolute atomic E-state index is 0.0846. The molecule has 0 radical (unpaired) electrons. The van der Waals surface area contributed by atoms with E-state index in [4.69, 9.17) is 4.74 Å². The molecule has 0 saturated heterocycles. The van der Waals surface area contributed by atoms with E-state index in [9.17, 15) is 25.0 Å². The topological polar surface area (TPSA) is 142 Å². The van der Waals surface area contributed by atoms with Gasteiger partial charge in [0.25, 0.3) is 10.7 Å². The highest BCUT2D eigenvalue weighted by molar-refractivity contribution is 7.15. The van der Waals surface area contributed by atoms with Crippen LogP contribution in [0.4, 0.5) is 5.82 Å². The molecule has 1 atom stereocenters. The summed E-state index contributed by atoms with van der Waals surface area (Å²) in [6.45, 7) is 3.01. The fourth-order valence-electron chi connectivity index (χ4n) is 3.04. The summed E-state index contributed by atoms with van der Waals surface area (Å²) >= 11 is 1.14. The maximum absolute atomic E-state index is 12.3. The van der Waals surface area contributed by atoms with Gasteiger partial charge in [-0.25, -0.2) is 4.79 Å². The minimum atomic E-state index is -1.33. The van der Waals surface area contributed by atoms with Crippen molar-refractivity contribution in [2.45, 2.75) is 19.8 Å². The van der Waals surface area contributed by atoms with Crippen LogP contribution in [-0.4, -0.2) is 32.3 Å². The van der Waals surface area contributed by atoms with Gasteiger partial charge in [0.2, 0.25) is 0 Å². The molecule has 0 aromatic carbocycles. The predicted octanol–water partition coefficient (Wildman–Crippen LogP) is 1.95. The largest absolute Gasteiger partial charge is 0.466 e. The van der Waals surface area contributed by atoms with Crippen molar-refractivity contribution in [2.75, 3.05) is 7.11 Å². The van der Waals surface area contributed by atoms with Crippen molar-refractivity contribution in [3.63, 3.8) is 0 Å². The van der Waals surface area contributed by atoms with Crippen molar-refractivity contribution >= 4 is 28.1 Å². The molecule has 0 aliphatic carbocycles. The first-order valence-corrected chi connectivity index (χ1v) is 8.17. The molecule has 3 heterocycles. The number of esters is 1. The van der Waals surface area contributed by atoms with Crippen molar-refractivity contribution < 1.29 is 19.4 Å². The molecule has 0 amide bonds. The highest BCUT2D eigenvalue weighted by Crippen LogP contribution is 2.42. The Morgan fingerprint density at radius 1 is 1.31 bits per heavy atom. The second-order valence-electron chi connectivity index (χ2n) is 5.49. The maximum Gasteiger partial charge on any atom is 0.353 e. The minimum Gasteiger partial charge on any atom is -0.466 e. The Morgan fingerprint density at radius 3 is 2.58 bits per heavy atom. The Kier molecular flexibility index (Phi) is 4.20. The number of ether oxygens (including phenoxy) is 1. The molecule has 2 aromatic heterocycles. The van der Waals surface area contributed by atoms with Crippen LogP contribution in [0.25, 0.3) is 4.96 Å². The smallest absolute Gasteiger partial charge is 0.353 e. The van der Waals surface area contributed by atoms with E-state index in [1.165, 1.54) is 17.5 Å². The molecule has 2 aromatic rings. The predicted molar refractivity (Wildman–Crippen MR) is 90.0 cm³/mol. The molecule has 1 unspecified atom stereocenters. The van der Waals surface area contributed by atoms with Crippen molar-refractivity contribution in [3.8, 4) is 0 Å². The Morgan fingerprint density at radius 2 is 2.00 bits per heavy atom. The average molecular weight is 379 g/mol. The third-order valence-corrected chi connectivity index (χ3v) is 4.79. The summed E-state index contributed by atoms with van der Waals surface area (Å²) in [7, 11) is 1.14. The van der Waals surface area contributed by atoms with Crippen LogP contribution in [0, 0.1) is 20.2 Å². The number of allylic oxidation sites excluding steroid dienone is 3. The first kappa shape index (κ1) is 17.5. The third-order valence-electron chi connectivity index (χ3n) is 4.04. The van der Waals surface area contributed by atoms with Gasteiger partial charge in [0.1, 0.15) is 12.1 Å². The Bertz CT molecular complexity index is 1020. The first-order valence-electron chi connectivity index (χ1n) is 7.29. The van der Waals surface area contributed by atoms with Crippen molar-refractivity contribution in [1.82, 2.24) is 14.7 Å². The van der Waals surface area contributed by atoms with Crippen LogP contribution in [0.3, 0.4) is 0 Å². The number of dihydropyridines is 1. The average Bonchev–Trinajstić information content (AvgIpc) is 3.12. The number of nitrogens with zero attached hydrogens (tertiary/aromatic N) is 4. The van der Waals surface area contributed by atoms with E-state index < -0.39 is 27.6 Å². The van der Waals surface area contributed by atoms with Crippen LogP contribution in [0.2, 0.25) is 0 Å². The molecule has 0 bridgehead atoms. The van der Waals surface area contributed by atoms with Gasteiger partial charge in [-0.3, -0.25) is 10.1 Å². The van der Waals surface area contributed by atoms with Crippen molar-refractivity contribution in [2.24, 2.45) is 0 Å². The van der Waals surface area contributed by atoms with E-state index >= 15 is 0 Å². The van der Waals surface area contributed by atoms with Gasteiger partial charge in [0.05, 0.1) is 23.3 Å². The zero-order chi connectivity index (χ0) is 19.2. The number of carbonyl (C=O) groups is 1. The highest BCUT2D eigenvalue weighted by atomic mass is 32.1. The van der Waals surface area contributed by atoms with Gasteiger partial charge in [-0.2, -0.15) is 9.38 Å². The fourth-order valence-corrected chi connectivity index (χ4v) is 3.75. The molecule has 0 fully saturated rings. The van der Waals surface area contributed by atoms with Crippen LogP contribution in [0.15, 0.2) is 34.2 Å². The molecule has 1 aliphatic heterocycles. The number of thiazole rings is 1. The highest BCUT2D eigenvalue weighted by Gasteiger charge is 2.46. The second kappa shape index (κ2) is 6.22. The van der Waals surface area contributed by atoms with Gasteiger partial charge in [-0.05, 0) is 18.8 Å². The van der Waals surface area contributed by atoms with Gasteiger partial charge in [-0.1, -0.05) is 11.3 Å². The van der Waals surface area contributed by atoms with Crippen LogP contribution < -0.4 is 5.32 Å². The molecule has 12 heteroatoms. The summed E-state index contributed by atoms with van der Waals surface area (Å²) in [5.74, 6) is -2.57. The maximum atomic E-state index is 12.3. The number of imidazole rings is 1. The van der Waals surface area contributed by atoms with Gasteiger partial charge in [0.15, 0.2) is 5.69 Å². The van der Waals surface area contributed by atoms with Crippen LogP contribution in [0.1, 0.15) is 25.5 Å². The molecule has 11 nitrogen and oxygen atoms in total. The van der Waals surface area contributed by atoms with Crippen molar-refractivity contribution in [1.29, 1.82) is 0 Å². The lowest BCUT2D eigenvalue weighted by atomic mass is 9.87. The van der Waals surface area contributed by atoms with E-state index in [1.807, 2.05) is 0 Å². The SMILES string of the molecule is COC(=O)C1=C(C)NC(C)=C([N+](=O)[O-])C1c1nc2sccn2c1[N+](=O)[O-]. The molecular weight excluding hydrogens is 366 g/mol. The number of nitro groups is 2. The quantitative estimate of drug-likeness (QED) is 0.482. The number of nitrogens with one attached hydrogen (secondary N) is 1. The van der Waals surface area contributed by atoms with E-state index in [0.717, 1.165) is 18.4 Å². The van der Waals surface area contributed by atoms with Gasteiger partial charge >= 0.3 is 11.8 Å². The zero-order valence-electron chi connectivity index (χ0n) is 13.9. The lowest BCUT2D eigenvalue weighted by Crippen LogP contribution is -2.31. The summed E-state index contributed by atoms with van der Waals surface area (Å²) in [4.78, 5) is 38.8. The molecule has 26 heavy (non-hydrogen) atoms. The second-order valence-corrected chi connectivity index (χ2v) is 6.36. The molecule has 0 spiro atoms. The molecular formula is C14H13N5O6S. The van der Waals surface area contributed by atoms with Gasteiger partial charge in [0, 0.05) is 11.1 Å². The van der Waals surface area contributed by atoms with Gasteiger partial charge < -0.3 is 20.2 Å². The number of aromatic nitrogens is 2. The van der Waals surface area contributed by atoms with Crippen LogP contribution >= 0.6 is 11.3 Å². The monoisotopic (exact) mass is 379 g/mol. The first-order chi connectivity index (χ1) is 12.3. The Hall–Kier alpha value is -3.28. The van der Waals surface area contributed by atoms with Crippen molar-refractivity contribution in [3.05, 3.63) is 60.2 Å². The number of hydrogen-bond donors (Lipinski definition) is 1. The number of methoxy groups -OCH3 is 1. The van der Waals surface area contributed by atoms with E-state index in [2.05, 4.69) is 10.3 Å². The third kappa shape index (κ3) is 2.50. The summed E-state index contributed by atoms with van der Waals surface area (Å²) < 4.78 is 5.98. The van der Waals surface area contributed by atoms with Crippen LogP contribution in [0.5, 0.6) is 0 Å². The number of fused-ring (bicyclic) bond motifs is 1. The Labute approximate surface area is 149 Å². The fraction of sp³-hybridized carbons (Fsp3) is 0.286. The number of carbonyl (C=O) groups excluding carboxylic acids is 1. The normalized spacial score (nSPS) is 17.4. The molecule has 136 valence electrons. The lowest BCUT2D eigenvalue weighted by Gasteiger charge is -2.24. The van der Waals surface area contributed by atoms with E-state index in [-0.39, 0.29) is 22.7 Å². The van der Waals surface area contributed by atoms with E-state index in [1.54, 1.807) is 12.3 Å². The summed E-state index contributed by atoms with van der Waals surface area (Å²) in [6, 6.07) is 0. The molecule has 3 rings (SSSR count). The lowest BCUT2D eigenvalue weighted by molar-refractivity contribution is -0.431. The molecule has 0 saturated carbocycles.